The molecule has 1 saturated heterocycles. The predicted octanol–water partition coefficient (Wildman–Crippen LogP) is 4.22. The van der Waals surface area contributed by atoms with Gasteiger partial charge in [0.2, 0.25) is 0 Å². The summed E-state index contributed by atoms with van der Waals surface area (Å²) in [6.45, 7) is 6.50. The van der Waals surface area contributed by atoms with Crippen LogP contribution in [0.1, 0.15) is 41.2 Å². The van der Waals surface area contributed by atoms with E-state index in [2.05, 4.69) is 74.3 Å². The summed E-state index contributed by atoms with van der Waals surface area (Å²) in [4.78, 5) is 21.5. The summed E-state index contributed by atoms with van der Waals surface area (Å²) in [7, 11) is 2.19. The summed E-state index contributed by atoms with van der Waals surface area (Å²) in [5, 5.41) is 15.6. The number of hydrogen-bond donors (Lipinski definition) is 2. The van der Waals surface area contributed by atoms with Crippen LogP contribution in [-0.4, -0.2) is 53.3 Å². The van der Waals surface area contributed by atoms with Crippen LogP contribution in [0, 0.1) is 13.8 Å². The topological polar surface area (TPSA) is 87.1 Å². The number of carbonyl (C=O) groups is 2. The molecule has 3 rings (SSSR count). The molecular weight excluding hydrogens is 394 g/mol. The molecule has 1 aliphatic rings. The standard InChI is InChI=1S/C21H27NO.C4H4O4/c1-16-4-8-18(9-5-16)21(19-10-6-17(2)7-11-19)23-20-12-14-22(3)15-13-20;5-3(6)1-2-4(7)8/h4-11,20-21H,12-15H2,1-3H3;1-2H,(H,5,6)(H,7,8). The third-order valence-electron chi connectivity index (χ3n) is 5.12. The average molecular weight is 426 g/mol. The van der Waals surface area contributed by atoms with Crippen molar-refractivity contribution in [3.05, 3.63) is 82.9 Å². The van der Waals surface area contributed by atoms with Gasteiger partial charge < -0.3 is 19.8 Å². The zero-order chi connectivity index (χ0) is 22.8. The maximum absolute atomic E-state index is 9.55. The van der Waals surface area contributed by atoms with Crippen LogP contribution < -0.4 is 0 Å². The highest BCUT2D eigenvalue weighted by molar-refractivity contribution is 5.89. The molecule has 0 amide bonds. The zero-order valence-corrected chi connectivity index (χ0v) is 18.3. The molecule has 0 bridgehead atoms. The van der Waals surface area contributed by atoms with Gasteiger partial charge in [-0.1, -0.05) is 59.7 Å². The smallest absolute Gasteiger partial charge is 0.328 e. The van der Waals surface area contributed by atoms with Gasteiger partial charge >= 0.3 is 11.9 Å². The minimum Gasteiger partial charge on any atom is -0.478 e. The van der Waals surface area contributed by atoms with Crippen LogP contribution in [0.15, 0.2) is 60.7 Å². The molecule has 0 aromatic heterocycles. The van der Waals surface area contributed by atoms with Gasteiger partial charge in [-0.05, 0) is 44.9 Å². The Morgan fingerprint density at radius 1 is 0.871 bits per heavy atom. The van der Waals surface area contributed by atoms with E-state index in [0.29, 0.717) is 18.3 Å². The molecule has 2 aromatic rings. The van der Waals surface area contributed by atoms with Crippen molar-refractivity contribution < 1.29 is 24.5 Å². The molecule has 1 heterocycles. The summed E-state index contributed by atoms with van der Waals surface area (Å²) in [5.41, 5.74) is 5.07. The van der Waals surface area contributed by atoms with E-state index in [9.17, 15) is 9.59 Å². The Balaban J connectivity index is 0.000000366. The van der Waals surface area contributed by atoms with Gasteiger partial charge in [0.15, 0.2) is 0 Å². The molecule has 1 fully saturated rings. The second-order valence-corrected chi connectivity index (χ2v) is 7.85. The molecule has 0 aliphatic carbocycles. The lowest BCUT2D eigenvalue weighted by Gasteiger charge is -2.32. The molecule has 31 heavy (non-hydrogen) atoms. The SMILES string of the molecule is Cc1ccc(C(OC2CCN(C)CC2)c2ccc(C)cc2)cc1.O=C(O)C=CC(=O)O. The highest BCUT2D eigenvalue weighted by Crippen LogP contribution is 2.30. The van der Waals surface area contributed by atoms with Crippen molar-refractivity contribution in [2.24, 2.45) is 0 Å². The quantitative estimate of drug-likeness (QED) is 0.674. The van der Waals surface area contributed by atoms with Crippen LogP contribution in [0.5, 0.6) is 0 Å². The first-order chi connectivity index (χ1) is 14.7. The molecule has 0 atom stereocenters. The maximum atomic E-state index is 9.55. The molecule has 0 saturated carbocycles. The monoisotopic (exact) mass is 425 g/mol. The van der Waals surface area contributed by atoms with E-state index in [1.54, 1.807) is 0 Å². The average Bonchev–Trinajstić information content (AvgIpc) is 2.74. The van der Waals surface area contributed by atoms with E-state index in [0.717, 1.165) is 25.9 Å². The first kappa shape index (κ1) is 24.3. The van der Waals surface area contributed by atoms with Crippen LogP contribution in [0.2, 0.25) is 0 Å². The van der Waals surface area contributed by atoms with Gasteiger partial charge in [-0.15, -0.1) is 0 Å². The van der Waals surface area contributed by atoms with Gasteiger partial charge in [-0.2, -0.15) is 0 Å². The van der Waals surface area contributed by atoms with Crippen LogP contribution in [-0.2, 0) is 14.3 Å². The Morgan fingerprint density at radius 2 is 1.26 bits per heavy atom. The lowest BCUT2D eigenvalue weighted by molar-refractivity contribution is -0.134. The number of ether oxygens (including phenoxy) is 1. The summed E-state index contributed by atoms with van der Waals surface area (Å²) in [6, 6.07) is 17.5. The maximum Gasteiger partial charge on any atom is 0.328 e. The molecular formula is C25H31NO5. The van der Waals surface area contributed by atoms with Crippen LogP contribution >= 0.6 is 0 Å². The Hall–Kier alpha value is -2.96. The van der Waals surface area contributed by atoms with Gasteiger partial charge in [-0.25, -0.2) is 9.59 Å². The minimum atomic E-state index is -1.26. The summed E-state index contributed by atoms with van der Waals surface area (Å²) >= 11 is 0. The minimum absolute atomic E-state index is 0.0320. The number of carboxylic acids is 2. The molecule has 2 aromatic carbocycles. The van der Waals surface area contributed by atoms with Crippen molar-refractivity contribution in [3.8, 4) is 0 Å². The van der Waals surface area contributed by atoms with E-state index >= 15 is 0 Å². The van der Waals surface area contributed by atoms with Gasteiger partial charge in [0.25, 0.3) is 0 Å². The predicted molar refractivity (Wildman–Crippen MR) is 120 cm³/mol. The van der Waals surface area contributed by atoms with E-state index in [1.807, 2.05) is 0 Å². The lowest BCUT2D eigenvalue weighted by atomic mass is 9.98. The van der Waals surface area contributed by atoms with E-state index < -0.39 is 11.9 Å². The second-order valence-electron chi connectivity index (χ2n) is 7.85. The van der Waals surface area contributed by atoms with Crippen LogP contribution in [0.25, 0.3) is 0 Å². The number of rotatable bonds is 6. The summed E-state index contributed by atoms with van der Waals surface area (Å²) in [5.74, 6) is -2.51. The fourth-order valence-corrected chi connectivity index (χ4v) is 3.29. The molecule has 0 radical (unpaired) electrons. The number of benzene rings is 2. The first-order valence-electron chi connectivity index (χ1n) is 10.4. The summed E-state index contributed by atoms with van der Waals surface area (Å²) in [6.07, 6.45) is 3.73. The van der Waals surface area contributed by atoms with Crippen molar-refractivity contribution >= 4 is 11.9 Å². The highest BCUT2D eigenvalue weighted by Gasteiger charge is 2.23. The lowest BCUT2D eigenvalue weighted by Crippen LogP contribution is -2.35. The Kier molecular flexibility index (Phi) is 9.43. The van der Waals surface area contributed by atoms with Crippen molar-refractivity contribution in [2.45, 2.75) is 38.9 Å². The van der Waals surface area contributed by atoms with E-state index in [1.165, 1.54) is 22.3 Å². The Bertz CT molecular complexity index is 804. The second kappa shape index (κ2) is 12.0. The van der Waals surface area contributed by atoms with Crippen molar-refractivity contribution in [2.75, 3.05) is 20.1 Å². The van der Waals surface area contributed by atoms with Crippen LogP contribution in [0.4, 0.5) is 0 Å². The van der Waals surface area contributed by atoms with Gasteiger partial charge in [0.1, 0.15) is 6.10 Å². The number of piperidine rings is 1. The third kappa shape index (κ3) is 8.74. The first-order valence-corrected chi connectivity index (χ1v) is 10.4. The Labute approximate surface area is 183 Å². The third-order valence-corrected chi connectivity index (χ3v) is 5.12. The summed E-state index contributed by atoms with van der Waals surface area (Å²) < 4.78 is 6.56. The largest absolute Gasteiger partial charge is 0.478 e. The number of hydrogen-bond acceptors (Lipinski definition) is 4. The zero-order valence-electron chi connectivity index (χ0n) is 18.3. The van der Waals surface area contributed by atoms with Crippen molar-refractivity contribution in [3.63, 3.8) is 0 Å². The van der Waals surface area contributed by atoms with E-state index in [4.69, 9.17) is 14.9 Å². The molecule has 1 aliphatic heterocycles. The number of likely N-dealkylation sites (tertiary alicyclic amines) is 1. The van der Waals surface area contributed by atoms with Crippen molar-refractivity contribution in [1.82, 2.24) is 4.90 Å². The molecule has 0 unspecified atom stereocenters. The molecule has 166 valence electrons. The van der Waals surface area contributed by atoms with Crippen LogP contribution in [0.3, 0.4) is 0 Å². The number of carboxylic acid groups (broad SMARTS) is 2. The molecule has 0 spiro atoms. The van der Waals surface area contributed by atoms with Gasteiger partial charge in [-0.3, -0.25) is 0 Å². The van der Waals surface area contributed by atoms with Gasteiger partial charge in [0.05, 0.1) is 6.10 Å². The fourth-order valence-electron chi connectivity index (χ4n) is 3.29. The van der Waals surface area contributed by atoms with Gasteiger partial charge in [0, 0.05) is 25.2 Å². The van der Waals surface area contributed by atoms with Crippen molar-refractivity contribution in [1.29, 1.82) is 0 Å². The number of aryl methyl sites for hydroxylation is 2. The molecule has 2 N–H and O–H groups in total. The number of nitrogens with zero attached hydrogens (tertiary/aromatic N) is 1. The normalized spacial score (nSPS) is 15.0. The highest BCUT2D eigenvalue weighted by atomic mass is 16.5. The molecule has 6 nitrogen and oxygen atoms in total. The fraction of sp³-hybridized carbons (Fsp3) is 0.360. The molecule has 6 heteroatoms. The van der Waals surface area contributed by atoms with E-state index in [-0.39, 0.29) is 6.10 Å². The Morgan fingerprint density at radius 3 is 1.61 bits per heavy atom. The number of aliphatic carboxylic acids is 2.